The smallest absolute Gasteiger partial charge is 0.219 e. The summed E-state index contributed by atoms with van der Waals surface area (Å²) >= 11 is 3.43. The van der Waals surface area contributed by atoms with Gasteiger partial charge in [0.15, 0.2) is 11.6 Å². The maximum absolute atomic E-state index is 13.9. The number of rotatable bonds is 6. The molecule has 0 saturated heterocycles. The fourth-order valence-electron chi connectivity index (χ4n) is 3.77. The number of aryl methyl sites for hydroxylation is 1. The van der Waals surface area contributed by atoms with Crippen molar-refractivity contribution in [2.75, 3.05) is 12.8 Å². The monoisotopic (exact) mass is 553 g/mol. The number of methoxy groups -OCH3 is 1. The van der Waals surface area contributed by atoms with E-state index < -0.39 is 17.4 Å². The minimum atomic E-state index is -0.846. The molecule has 11 heteroatoms. The molecule has 3 N–H and O–H groups in total. The van der Waals surface area contributed by atoms with Crippen molar-refractivity contribution in [1.82, 2.24) is 19.7 Å². The van der Waals surface area contributed by atoms with E-state index in [1.54, 1.807) is 20.1 Å². The molecule has 0 saturated carbocycles. The topological polar surface area (TPSA) is 108 Å². The van der Waals surface area contributed by atoms with Crippen molar-refractivity contribution in [3.8, 4) is 23.1 Å². The van der Waals surface area contributed by atoms with Crippen LogP contribution in [0, 0.1) is 18.6 Å². The van der Waals surface area contributed by atoms with Gasteiger partial charge in [-0.15, -0.1) is 0 Å². The van der Waals surface area contributed by atoms with Crippen LogP contribution in [0.25, 0.3) is 16.6 Å². The van der Waals surface area contributed by atoms with E-state index in [-0.39, 0.29) is 23.0 Å². The predicted octanol–water partition coefficient (Wildman–Crippen LogP) is 5.71. The van der Waals surface area contributed by atoms with Crippen molar-refractivity contribution in [3.05, 3.63) is 87.8 Å². The molecular weight excluding hydrogens is 536 g/mol. The molecule has 5 aromatic rings. The van der Waals surface area contributed by atoms with Crippen molar-refractivity contribution in [3.63, 3.8) is 0 Å². The van der Waals surface area contributed by atoms with Gasteiger partial charge in [-0.3, -0.25) is 4.79 Å². The van der Waals surface area contributed by atoms with Crippen molar-refractivity contribution < 1.29 is 23.0 Å². The van der Waals surface area contributed by atoms with Crippen LogP contribution in [0.15, 0.2) is 59.3 Å². The summed E-state index contributed by atoms with van der Waals surface area (Å²) in [4.78, 5) is 20.4. The van der Waals surface area contributed by atoms with Crippen molar-refractivity contribution in [1.29, 1.82) is 0 Å². The zero-order valence-electron chi connectivity index (χ0n) is 19.0. The number of hydrogen-bond acceptors (Lipinski definition) is 6. The van der Waals surface area contributed by atoms with Gasteiger partial charge in [0.2, 0.25) is 17.4 Å². The Morgan fingerprint density at radius 2 is 1.89 bits per heavy atom. The summed E-state index contributed by atoms with van der Waals surface area (Å²) in [5.74, 6) is -1.85. The number of fused-ring (bicyclic) bond motifs is 1. The molecule has 5 rings (SSSR count). The number of pyridine rings is 1. The van der Waals surface area contributed by atoms with Gasteiger partial charge in [-0.1, -0.05) is 6.07 Å². The Balaban J connectivity index is 1.44. The Bertz CT molecular complexity index is 1630. The van der Waals surface area contributed by atoms with Gasteiger partial charge in [-0.25, -0.2) is 18.4 Å². The van der Waals surface area contributed by atoms with E-state index in [1.165, 1.54) is 29.2 Å². The number of nitrogens with zero attached hydrogens (tertiary/aromatic N) is 3. The molecule has 0 radical (unpaired) electrons. The lowest BCUT2D eigenvalue weighted by Crippen LogP contribution is -2.09. The number of hydrogen-bond donors (Lipinski definition) is 2. The molecule has 0 spiro atoms. The van der Waals surface area contributed by atoms with E-state index >= 15 is 0 Å². The van der Waals surface area contributed by atoms with E-state index in [2.05, 4.69) is 31.0 Å². The molecule has 36 heavy (non-hydrogen) atoms. The van der Waals surface area contributed by atoms with Gasteiger partial charge in [0.05, 0.1) is 40.9 Å². The number of anilines is 1. The average molecular weight is 554 g/mol. The third-order valence-electron chi connectivity index (χ3n) is 5.60. The van der Waals surface area contributed by atoms with Crippen LogP contribution in [0.4, 0.5) is 14.6 Å². The largest absolute Gasteiger partial charge is 0.496 e. The van der Waals surface area contributed by atoms with Crippen LogP contribution >= 0.6 is 15.9 Å². The Labute approximate surface area is 211 Å². The Hall–Kier alpha value is -4.25. The highest BCUT2D eigenvalue weighted by atomic mass is 79.9. The number of aromatic nitrogens is 4. The van der Waals surface area contributed by atoms with Gasteiger partial charge in [0.25, 0.3) is 0 Å². The van der Waals surface area contributed by atoms with E-state index in [9.17, 15) is 13.6 Å². The van der Waals surface area contributed by atoms with Crippen LogP contribution in [0.1, 0.15) is 21.6 Å². The van der Waals surface area contributed by atoms with Crippen LogP contribution in [0.3, 0.4) is 0 Å². The number of benzene rings is 2. The molecule has 0 atom stereocenters. The molecule has 0 aliphatic heterocycles. The number of aromatic amines is 1. The van der Waals surface area contributed by atoms with Crippen LogP contribution in [0.2, 0.25) is 0 Å². The van der Waals surface area contributed by atoms with Crippen LogP contribution in [0.5, 0.6) is 17.4 Å². The number of H-pyrrole nitrogens is 1. The number of carbonyl (C=O) groups excluding carboxylic acids is 1. The number of para-hydroxylation sites is 1. The number of carbonyl (C=O) groups is 1. The second-order valence-electron chi connectivity index (χ2n) is 7.90. The van der Waals surface area contributed by atoms with E-state index in [0.717, 1.165) is 27.5 Å². The summed E-state index contributed by atoms with van der Waals surface area (Å²) in [5, 5.41) is 5.06. The van der Waals surface area contributed by atoms with E-state index in [0.29, 0.717) is 22.7 Å². The van der Waals surface area contributed by atoms with Gasteiger partial charge in [-0.05, 0) is 58.7 Å². The number of nitrogens with one attached hydrogen (secondary N) is 1. The van der Waals surface area contributed by atoms with Crippen LogP contribution in [-0.4, -0.2) is 32.6 Å². The Morgan fingerprint density at radius 1 is 1.14 bits per heavy atom. The predicted molar refractivity (Wildman–Crippen MR) is 133 cm³/mol. The van der Waals surface area contributed by atoms with Gasteiger partial charge in [0.1, 0.15) is 11.6 Å². The second kappa shape index (κ2) is 9.08. The number of nitrogen functional groups attached to an aromatic ring is 1. The van der Waals surface area contributed by atoms with Crippen molar-refractivity contribution in [2.45, 2.75) is 6.92 Å². The first kappa shape index (κ1) is 23.5. The summed E-state index contributed by atoms with van der Waals surface area (Å²) < 4.78 is 40.6. The molecule has 0 bridgehead atoms. The zero-order chi connectivity index (χ0) is 25.6. The summed E-state index contributed by atoms with van der Waals surface area (Å²) in [6.45, 7) is 1.73. The van der Waals surface area contributed by atoms with Crippen molar-refractivity contribution in [2.24, 2.45) is 0 Å². The summed E-state index contributed by atoms with van der Waals surface area (Å²) in [7, 11) is 1.56. The Kier molecular flexibility index (Phi) is 5.92. The first-order chi connectivity index (χ1) is 17.3. The SMILES string of the molecule is COc1cc2cc(C(=O)c3cnn(-c4cnc(Oc5c(F)cccc5F)cc4C)c3N)[nH]c2cc1Br. The molecular formula is C25H18BrF2N5O3. The van der Waals surface area contributed by atoms with Gasteiger partial charge >= 0.3 is 0 Å². The maximum Gasteiger partial charge on any atom is 0.219 e. The van der Waals surface area contributed by atoms with Gasteiger partial charge < -0.3 is 20.2 Å². The summed E-state index contributed by atoms with van der Waals surface area (Å²) in [6, 6.07) is 10.3. The van der Waals surface area contributed by atoms with Crippen molar-refractivity contribution >= 4 is 38.4 Å². The van der Waals surface area contributed by atoms with E-state index in [1.807, 2.05) is 12.1 Å². The fourth-order valence-corrected chi connectivity index (χ4v) is 4.27. The molecule has 0 aliphatic carbocycles. The average Bonchev–Trinajstić information content (AvgIpc) is 3.43. The first-order valence-electron chi connectivity index (χ1n) is 10.6. The Morgan fingerprint density at radius 3 is 2.58 bits per heavy atom. The maximum atomic E-state index is 13.9. The highest BCUT2D eigenvalue weighted by molar-refractivity contribution is 9.10. The summed E-state index contributed by atoms with van der Waals surface area (Å²) in [6.07, 6.45) is 2.77. The lowest BCUT2D eigenvalue weighted by molar-refractivity contribution is 0.103. The highest BCUT2D eigenvalue weighted by Gasteiger charge is 2.21. The van der Waals surface area contributed by atoms with Gasteiger partial charge in [0, 0.05) is 17.0 Å². The number of halogens is 3. The molecule has 3 heterocycles. The fraction of sp³-hybridized carbons (Fsp3) is 0.0800. The van der Waals surface area contributed by atoms with Crippen LogP contribution in [-0.2, 0) is 0 Å². The minimum absolute atomic E-state index is 0.0121. The molecule has 8 nitrogen and oxygen atoms in total. The third kappa shape index (κ3) is 4.07. The lowest BCUT2D eigenvalue weighted by atomic mass is 10.1. The highest BCUT2D eigenvalue weighted by Crippen LogP contribution is 2.32. The number of ketones is 1. The molecule has 0 aliphatic rings. The summed E-state index contributed by atoms with van der Waals surface area (Å²) in [5.41, 5.74) is 8.64. The minimum Gasteiger partial charge on any atom is -0.496 e. The standard InChI is InChI=1S/C25H18BrF2N5O3/c1-12-6-22(36-24-16(27)4-3-5-17(24)28)30-11-20(12)33-25(29)14(10-31-33)23(34)19-7-13-8-21(35-2)15(26)9-18(13)32-19/h3-11,32H,29H2,1-2H3. The van der Waals surface area contributed by atoms with Gasteiger partial charge in [-0.2, -0.15) is 5.10 Å². The quantitative estimate of drug-likeness (QED) is 0.261. The molecule has 2 aromatic carbocycles. The number of ether oxygens (including phenoxy) is 2. The third-order valence-corrected chi connectivity index (χ3v) is 6.22. The van der Waals surface area contributed by atoms with E-state index in [4.69, 9.17) is 15.2 Å². The zero-order valence-corrected chi connectivity index (χ0v) is 20.6. The second-order valence-corrected chi connectivity index (χ2v) is 8.76. The molecule has 3 aromatic heterocycles. The molecule has 0 amide bonds. The molecule has 182 valence electrons. The molecule has 0 fully saturated rings. The first-order valence-corrected chi connectivity index (χ1v) is 11.4. The number of nitrogens with two attached hydrogens (primary N) is 1. The van der Waals surface area contributed by atoms with Crippen LogP contribution < -0.4 is 15.2 Å². The lowest BCUT2D eigenvalue weighted by Gasteiger charge is -2.11. The normalized spacial score (nSPS) is 11.1. The molecule has 0 unspecified atom stereocenters.